The van der Waals surface area contributed by atoms with E-state index < -0.39 is 55.5 Å². The third-order valence-electron chi connectivity index (χ3n) is 6.14. The lowest BCUT2D eigenvalue weighted by Gasteiger charge is -2.34. The van der Waals surface area contributed by atoms with E-state index in [-0.39, 0.29) is 11.9 Å². The number of methoxy groups -OCH3 is 1. The summed E-state index contributed by atoms with van der Waals surface area (Å²) in [5.41, 5.74) is -4.53. The number of hydrogen-bond acceptors (Lipinski definition) is 10. The van der Waals surface area contributed by atoms with Crippen LogP contribution in [0, 0.1) is 12.3 Å². The zero-order chi connectivity index (χ0) is 28.6. The molecule has 0 radical (unpaired) electrons. The molecule has 0 bridgehead atoms. The summed E-state index contributed by atoms with van der Waals surface area (Å²) in [6.45, 7) is 0.755. The van der Waals surface area contributed by atoms with Crippen LogP contribution in [0.2, 0.25) is 0 Å². The van der Waals surface area contributed by atoms with Crippen molar-refractivity contribution in [2.75, 3.05) is 13.7 Å². The molecule has 2 aromatic rings. The Labute approximate surface area is 224 Å². The smallest absolute Gasteiger partial charge is 0.459 e. The second-order valence-corrected chi connectivity index (χ2v) is 10.7. The van der Waals surface area contributed by atoms with Gasteiger partial charge in [-0.25, -0.2) is 9.36 Å². The summed E-state index contributed by atoms with van der Waals surface area (Å²) in [5.74, 6) is 1.43. The molecular weight excluding hydrogens is 533 g/mol. The van der Waals surface area contributed by atoms with Crippen LogP contribution in [-0.2, 0) is 29.1 Å². The highest BCUT2D eigenvalue weighted by atomic mass is 31.2. The number of nitrogens with zero attached hydrogens (tertiary/aromatic N) is 1. The molecule has 0 amide bonds. The van der Waals surface area contributed by atoms with E-state index in [1.165, 1.54) is 19.1 Å². The largest absolute Gasteiger partial charge is 0.461 e. The Morgan fingerprint density at radius 2 is 1.95 bits per heavy atom. The van der Waals surface area contributed by atoms with Crippen molar-refractivity contribution < 1.29 is 38.1 Å². The van der Waals surface area contributed by atoms with Crippen molar-refractivity contribution in [3.63, 3.8) is 0 Å². The zero-order valence-corrected chi connectivity index (χ0v) is 22.4. The number of aliphatic hydroxyl groups is 2. The van der Waals surface area contributed by atoms with Crippen molar-refractivity contribution in [2.45, 2.75) is 62.7 Å². The standard InChI is InChI=1S/C25H32N3O10P/c1-4-25(33,28-15-14-21(29)26-24(28)32)22(30)20(35-3)16-36-39(34,38-19-12-6-5-7-13-19)27-17(2)23(31)37-18-10-8-9-11-18/h1,5-7,12-15,17-18,20,22,30,33H,8-11,16H2,2-3H3,(H,27,34)(H,26,29,32)/t17-,20+,22+,25+,39?/m0/s1. The van der Waals surface area contributed by atoms with Gasteiger partial charge in [-0.2, -0.15) is 5.09 Å². The van der Waals surface area contributed by atoms with E-state index >= 15 is 0 Å². The number of aromatic nitrogens is 2. The normalized spacial score (nSPS) is 19.2. The van der Waals surface area contributed by atoms with E-state index in [1.54, 1.807) is 18.2 Å². The molecule has 3 rings (SSSR count). The van der Waals surface area contributed by atoms with Gasteiger partial charge < -0.3 is 24.2 Å². The van der Waals surface area contributed by atoms with E-state index in [0.29, 0.717) is 4.57 Å². The van der Waals surface area contributed by atoms with E-state index in [2.05, 4.69) is 5.09 Å². The fourth-order valence-electron chi connectivity index (χ4n) is 3.97. The van der Waals surface area contributed by atoms with Crippen LogP contribution in [0.1, 0.15) is 32.6 Å². The Balaban J connectivity index is 1.80. The lowest BCUT2D eigenvalue weighted by Crippen LogP contribution is -2.56. The second kappa shape index (κ2) is 13.2. The topological polar surface area (TPSA) is 178 Å². The molecule has 39 heavy (non-hydrogen) atoms. The number of esters is 1. The van der Waals surface area contributed by atoms with Gasteiger partial charge in [-0.05, 0) is 50.7 Å². The highest BCUT2D eigenvalue weighted by molar-refractivity contribution is 7.52. The first-order valence-electron chi connectivity index (χ1n) is 12.2. The first-order chi connectivity index (χ1) is 18.5. The maximum atomic E-state index is 13.8. The third-order valence-corrected chi connectivity index (χ3v) is 7.78. The molecule has 212 valence electrons. The van der Waals surface area contributed by atoms with Crippen LogP contribution in [0.25, 0.3) is 0 Å². The summed E-state index contributed by atoms with van der Waals surface area (Å²) >= 11 is 0. The number of para-hydroxylation sites is 1. The lowest BCUT2D eigenvalue weighted by atomic mass is 10.0. The maximum Gasteiger partial charge on any atom is 0.459 e. The van der Waals surface area contributed by atoms with Gasteiger partial charge in [0.15, 0.2) is 0 Å². The second-order valence-electron chi connectivity index (χ2n) is 8.96. The number of benzene rings is 1. The van der Waals surface area contributed by atoms with Crippen LogP contribution in [0.15, 0.2) is 52.2 Å². The van der Waals surface area contributed by atoms with Gasteiger partial charge in [0.1, 0.15) is 30.1 Å². The van der Waals surface area contributed by atoms with Crippen LogP contribution < -0.4 is 20.9 Å². The number of carbonyl (C=O) groups is 1. The summed E-state index contributed by atoms with van der Waals surface area (Å²) in [4.78, 5) is 38.2. The maximum absolute atomic E-state index is 13.8. The molecule has 1 aliphatic carbocycles. The monoisotopic (exact) mass is 565 g/mol. The molecule has 5 atom stereocenters. The van der Waals surface area contributed by atoms with E-state index in [4.69, 9.17) is 24.9 Å². The Hall–Kier alpha value is -3.24. The number of ether oxygens (including phenoxy) is 2. The fourth-order valence-corrected chi connectivity index (χ4v) is 5.48. The van der Waals surface area contributed by atoms with E-state index in [1.807, 2.05) is 10.9 Å². The first kappa shape index (κ1) is 30.3. The molecule has 4 N–H and O–H groups in total. The van der Waals surface area contributed by atoms with E-state index in [0.717, 1.165) is 45.1 Å². The highest BCUT2D eigenvalue weighted by Gasteiger charge is 2.44. The minimum Gasteiger partial charge on any atom is -0.461 e. The van der Waals surface area contributed by atoms with Gasteiger partial charge in [0.05, 0.1) is 6.61 Å². The molecule has 0 saturated heterocycles. The van der Waals surface area contributed by atoms with Crippen molar-refractivity contribution in [1.82, 2.24) is 14.6 Å². The SMILES string of the molecule is C#C[C@@](O)([C@H](O)[C@@H](COP(=O)(N[C@@H](C)C(=O)OC1CCCC1)Oc1ccccc1)OC)n1ccc(=O)[nH]c1=O. The summed E-state index contributed by atoms with van der Waals surface area (Å²) in [6.07, 6.45) is 6.03. The van der Waals surface area contributed by atoms with Crippen LogP contribution in [0.3, 0.4) is 0 Å². The van der Waals surface area contributed by atoms with Gasteiger partial charge in [-0.15, -0.1) is 6.42 Å². The van der Waals surface area contributed by atoms with Crippen LogP contribution in [0.5, 0.6) is 5.75 Å². The molecule has 1 aromatic heterocycles. The lowest BCUT2D eigenvalue weighted by molar-refractivity contribution is -0.154. The predicted octanol–water partition coefficient (Wildman–Crippen LogP) is 0.858. The van der Waals surface area contributed by atoms with Crippen molar-refractivity contribution in [2.24, 2.45) is 0 Å². The quantitative estimate of drug-likeness (QED) is 0.154. The number of aromatic amines is 1. The number of rotatable bonds is 13. The van der Waals surface area contributed by atoms with Crippen molar-refractivity contribution in [3.05, 3.63) is 63.4 Å². The zero-order valence-electron chi connectivity index (χ0n) is 21.5. The number of hydrogen-bond donors (Lipinski definition) is 4. The Bertz CT molecular complexity index is 1320. The minimum absolute atomic E-state index is 0.152. The van der Waals surface area contributed by atoms with Crippen molar-refractivity contribution >= 4 is 13.7 Å². The molecule has 1 aliphatic rings. The Morgan fingerprint density at radius 3 is 2.54 bits per heavy atom. The van der Waals surface area contributed by atoms with Crippen LogP contribution in [-0.4, -0.2) is 63.8 Å². The number of nitrogens with one attached hydrogen (secondary N) is 2. The number of H-pyrrole nitrogens is 1. The van der Waals surface area contributed by atoms with Crippen molar-refractivity contribution in [3.8, 4) is 18.1 Å². The number of aliphatic hydroxyl groups excluding tert-OH is 1. The van der Waals surface area contributed by atoms with Crippen molar-refractivity contribution in [1.29, 1.82) is 0 Å². The van der Waals surface area contributed by atoms with Crippen LogP contribution in [0.4, 0.5) is 0 Å². The molecule has 0 spiro atoms. The third kappa shape index (κ3) is 7.67. The first-order valence-corrected chi connectivity index (χ1v) is 13.8. The Kier molecular flexibility index (Phi) is 10.3. The van der Waals surface area contributed by atoms with Gasteiger partial charge in [-0.3, -0.25) is 23.7 Å². The molecule has 1 aromatic carbocycles. The summed E-state index contributed by atoms with van der Waals surface area (Å²) in [7, 11) is -3.19. The van der Waals surface area contributed by atoms with Gasteiger partial charge >= 0.3 is 19.4 Å². The van der Waals surface area contributed by atoms with Gasteiger partial charge in [0.2, 0.25) is 5.72 Å². The molecule has 1 unspecified atom stereocenters. The number of carbonyl (C=O) groups excluding carboxylic acids is 1. The molecule has 14 heteroatoms. The minimum atomic E-state index is -4.34. The number of terminal acetylenes is 1. The molecule has 1 heterocycles. The molecule has 0 aliphatic heterocycles. The molecule has 1 fully saturated rings. The predicted molar refractivity (Wildman–Crippen MR) is 139 cm³/mol. The van der Waals surface area contributed by atoms with Gasteiger partial charge in [0, 0.05) is 19.4 Å². The summed E-state index contributed by atoms with van der Waals surface area (Å²) in [6, 6.07) is 7.83. The van der Waals surface area contributed by atoms with Crippen LogP contribution >= 0.6 is 7.75 Å². The van der Waals surface area contributed by atoms with Gasteiger partial charge in [0.25, 0.3) is 5.56 Å². The fraction of sp³-hybridized carbons (Fsp3) is 0.480. The summed E-state index contributed by atoms with van der Waals surface area (Å²) < 4.78 is 36.1. The average Bonchev–Trinajstić information content (AvgIpc) is 3.42. The molecule has 13 nitrogen and oxygen atoms in total. The molecule has 1 saturated carbocycles. The van der Waals surface area contributed by atoms with E-state index in [9.17, 15) is 29.2 Å². The molecular formula is C25H32N3O10P. The summed E-state index contributed by atoms with van der Waals surface area (Å²) in [5, 5.41) is 24.4. The average molecular weight is 566 g/mol. The Morgan fingerprint density at radius 1 is 1.28 bits per heavy atom. The van der Waals surface area contributed by atoms with Gasteiger partial charge in [-0.1, -0.05) is 18.2 Å². The highest BCUT2D eigenvalue weighted by Crippen LogP contribution is 2.45.